The molecule has 0 saturated heterocycles. The number of carbonyl (C=O) groups excluding carboxylic acids is 1. The minimum Gasteiger partial charge on any atom is -0.348 e. The van der Waals surface area contributed by atoms with E-state index in [0.717, 1.165) is 25.7 Å². The molecule has 9 heteroatoms. The largest absolute Gasteiger partial charge is 0.348 e. The molecule has 1 amide bonds. The van der Waals surface area contributed by atoms with Crippen molar-refractivity contribution in [1.82, 2.24) is 24.8 Å². The van der Waals surface area contributed by atoms with E-state index in [4.69, 9.17) is 0 Å². The van der Waals surface area contributed by atoms with Crippen molar-refractivity contribution in [2.75, 3.05) is 0 Å². The van der Waals surface area contributed by atoms with E-state index in [0.29, 0.717) is 12.1 Å². The Hall–Kier alpha value is -2.26. The van der Waals surface area contributed by atoms with Crippen molar-refractivity contribution >= 4 is 15.9 Å². The molecule has 1 atom stereocenters. The SMILES string of the molecule is CC(Cn1cncn1)NC(=O)c1cccc(S(=O)(=O)NC2CCCC2)c1. The van der Waals surface area contributed by atoms with Crippen LogP contribution in [0, 0.1) is 0 Å². The summed E-state index contributed by atoms with van der Waals surface area (Å²) in [7, 11) is -3.62. The number of nitrogens with one attached hydrogen (secondary N) is 2. The van der Waals surface area contributed by atoms with Crippen molar-refractivity contribution < 1.29 is 13.2 Å². The third kappa shape index (κ3) is 4.67. The summed E-state index contributed by atoms with van der Waals surface area (Å²) in [6, 6.07) is 5.91. The third-order valence-corrected chi connectivity index (χ3v) is 5.91. The average molecular weight is 377 g/mol. The minimum absolute atomic E-state index is 0.0137. The van der Waals surface area contributed by atoms with Gasteiger partial charge in [0, 0.05) is 17.6 Å². The van der Waals surface area contributed by atoms with Crippen LogP contribution in [0.1, 0.15) is 43.0 Å². The Morgan fingerprint density at radius 2 is 2.12 bits per heavy atom. The van der Waals surface area contributed by atoms with Crippen LogP contribution >= 0.6 is 0 Å². The smallest absolute Gasteiger partial charge is 0.251 e. The second kappa shape index (κ2) is 7.96. The molecular weight excluding hydrogens is 354 g/mol. The van der Waals surface area contributed by atoms with Crippen LogP contribution < -0.4 is 10.0 Å². The number of nitrogens with zero attached hydrogens (tertiary/aromatic N) is 3. The average Bonchev–Trinajstić information content (AvgIpc) is 3.28. The summed E-state index contributed by atoms with van der Waals surface area (Å²) >= 11 is 0. The molecule has 0 aliphatic heterocycles. The van der Waals surface area contributed by atoms with E-state index in [9.17, 15) is 13.2 Å². The Labute approximate surface area is 153 Å². The van der Waals surface area contributed by atoms with E-state index in [1.807, 2.05) is 6.92 Å². The van der Waals surface area contributed by atoms with Gasteiger partial charge in [-0.2, -0.15) is 5.10 Å². The Balaban J connectivity index is 1.66. The zero-order chi connectivity index (χ0) is 18.6. The van der Waals surface area contributed by atoms with Crippen LogP contribution in [-0.4, -0.2) is 41.2 Å². The molecule has 1 fully saturated rings. The molecule has 0 radical (unpaired) electrons. The maximum Gasteiger partial charge on any atom is 0.251 e. The molecule has 1 heterocycles. The number of rotatable bonds is 7. The highest BCUT2D eigenvalue weighted by molar-refractivity contribution is 7.89. The van der Waals surface area contributed by atoms with Crippen LogP contribution in [0.5, 0.6) is 0 Å². The topological polar surface area (TPSA) is 106 Å². The molecule has 2 aromatic rings. The maximum atomic E-state index is 12.5. The molecule has 0 bridgehead atoms. The highest BCUT2D eigenvalue weighted by Crippen LogP contribution is 2.20. The van der Waals surface area contributed by atoms with Crippen molar-refractivity contribution in [1.29, 1.82) is 0 Å². The van der Waals surface area contributed by atoms with Gasteiger partial charge in [-0.05, 0) is 38.0 Å². The number of sulfonamides is 1. The van der Waals surface area contributed by atoms with Crippen LogP contribution in [0.3, 0.4) is 0 Å². The van der Waals surface area contributed by atoms with Crippen LogP contribution in [0.15, 0.2) is 41.8 Å². The van der Waals surface area contributed by atoms with Gasteiger partial charge in [0.15, 0.2) is 0 Å². The van der Waals surface area contributed by atoms with E-state index >= 15 is 0 Å². The zero-order valence-electron chi connectivity index (χ0n) is 14.6. The minimum atomic E-state index is -3.62. The standard InChI is InChI=1S/C17H23N5O3S/c1-13(10-22-12-18-11-19-22)20-17(23)14-5-4-8-16(9-14)26(24,25)21-15-6-2-3-7-15/h4-5,8-9,11-13,15,21H,2-3,6-7,10H2,1H3,(H,20,23). The lowest BCUT2D eigenvalue weighted by Crippen LogP contribution is -2.36. The monoisotopic (exact) mass is 377 g/mol. The van der Waals surface area contributed by atoms with Gasteiger partial charge >= 0.3 is 0 Å². The highest BCUT2D eigenvalue weighted by Gasteiger charge is 2.23. The van der Waals surface area contributed by atoms with E-state index in [1.165, 1.54) is 18.5 Å². The second-order valence-electron chi connectivity index (χ2n) is 6.62. The number of aromatic nitrogens is 3. The molecule has 8 nitrogen and oxygen atoms in total. The van der Waals surface area contributed by atoms with E-state index in [-0.39, 0.29) is 22.9 Å². The van der Waals surface area contributed by atoms with Crippen LogP contribution in [0.4, 0.5) is 0 Å². The molecule has 1 aliphatic rings. The van der Waals surface area contributed by atoms with Gasteiger partial charge in [-0.3, -0.25) is 9.48 Å². The number of hydrogen-bond donors (Lipinski definition) is 2. The second-order valence-corrected chi connectivity index (χ2v) is 8.34. The number of hydrogen-bond acceptors (Lipinski definition) is 5. The van der Waals surface area contributed by atoms with Gasteiger partial charge in [-0.25, -0.2) is 18.1 Å². The number of amides is 1. The third-order valence-electron chi connectivity index (χ3n) is 4.39. The lowest BCUT2D eigenvalue weighted by molar-refractivity contribution is 0.0935. The molecule has 140 valence electrons. The first-order valence-electron chi connectivity index (χ1n) is 8.70. The normalized spacial score (nSPS) is 16.5. The molecule has 1 saturated carbocycles. The summed E-state index contributed by atoms with van der Waals surface area (Å²) < 4.78 is 29.4. The lowest BCUT2D eigenvalue weighted by Gasteiger charge is -2.15. The van der Waals surface area contributed by atoms with Crippen LogP contribution in [0.25, 0.3) is 0 Å². The van der Waals surface area contributed by atoms with E-state index in [1.54, 1.807) is 23.1 Å². The summed E-state index contributed by atoms with van der Waals surface area (Å²) in [6.07, 6.45) is 6.81. The lowest BCUT2D eigenvalue weighted by atomic mass is 10.2. The van der Waals surface area contributed by atoms with Crippen molar-refractivity contribution in [3.05, 3.63) is 42.5 Å². The quantitative estimate of drug-likeness (QED) is 0.757. The van der Waals surface area contributed by atoms with Crippen LogP contribution in [-0.2, 0) is 16.6 Å². The van der Waals surface area contributed by atoms with Gasteiger partial charge in [0.05, 0.1) is 11.4 Å². The fourth-order valence-corrected chi connectivity index (χ4v) is 4.45. The number of benzene rings is 1. The summed E-state index contributed by atoms with van der Waals surface area (Å²) in [5.74, 6) is -0.324. The summed E-state index contributed by atoms with van der Waals surface area (Å²) in [6.45, 7) is 2.33. The predicted octanol–water partition coefficient (Wildman–Crippen LogP) is 1.32. The molecule has 1 aromatic carbocycles. The zero-order valence-corrected chi connectivity index (χ0v) is 15.4. The van der Waals surface area contributed by atoms with Crippen molar-refractivity contribution in [2.45, 2.75) is 56.1 Å². The molecule has 1 aliphatic carbocycles. The first-order valence-corrected chi connectivity index (χ1v) is 10.2. The first-order chi connectivity index (χ1) is 12.4. The Kier molecular flexibility index (Phi) is 5.67. The molecule has 0 spiro atoms. The summed E-state index contributed by atoms with van der Waals surface area (Å²) in [5.41, 5.74) is 0.310. The van der Waals surface area contributed by atoms with Gasteiger partial charge in [0.1, 0.15) is 12.7 Å². The van der Waals surface area contributed by atoms with E-state index in [2.05, 4.69) is 20.1 Å². The summed E-state index contributed by atoms with van der Waals surface area (Å²) in [5, 5.41) is 6.84. The highest BCUT2D eigenvalue weighted by atomic mass is 32.2. The number of carbonyl (C=O) groups is 1. The molecule has 1 unspecified atom stereocenters. The fraction of sp³-hybridized carbons (Fsp3) is 0.471. The molecule has 1 aromatic heterocycles. The van der Waals surface area contributed by atoms with Crippen molar-refractivity contribution in [3.63, 3.8) is 0 Å². The van der Waals surface area contributed by atoms with Gasteiger partial charge in [0.2, 0.25) is 10.0 Å². The summed E-state index contributed by atoms with van der Waals surface area (Å²) in [4.78, 5) is 16.4. The molecule has 2 N–H and O–H groups in total. The maximum absolute atomic E-state index is 12.5. The van der Waals surface area contributed by atoms with Gasteiger partial charge in [-0.15, -0.1) is 0 Å². The van der Waals surface area contributed by atoms with Crippen LogP contribution in [0.2, 0.25) is 0 Å². The van der Waals surface area contributed by atoms with Crippen molar-refractivity contribution in [3.8, 4) is 0 Å². The van der Waals surface area contributed by atoms with E-state index < -0.39 is 10.0 Å². The van der Waals surface area contributed by atoms with Gasteiger partial charge in [-0.1, -0.05) is 18.9 Å². The first kappa shape index (κ1) is 18.5. The van der Waals surface area contributed by atoms with Crippen molar-refractivity contribution in [2.24, 2.45) is 0 Å². The van der Waals surface area contributed by atoms with Gasteiger partial charge in [0.25, 0.3) is 5.91 Å². The molecular formula is C17H23N5O3S. The molecule has 3 rings (SSSR count). The van der Waals surface area contributed by atoms with Gasteiger partial charge < -0.3 is 5.32 Å². The predicted molar refractivity (Wildman–Crippen MR) is 96.0 cm³/mol. The fourth-order valence-electron chi connectivity index (χ4n) is 3.10. The Morgan fingerprint density at radius 3 is 2.81 bits per heavy atom. The Bertz CT molecular complexity index is 845. The molecule has 26 heavy (non-hydrogen) atoms. The Morgan fingerprint density at radius 1 is 1.35 bits per heavy atom.